The summed E-state index contributed by atoms with van der Waals surface area (Å²) in [5.74, 6) is -1.37. The van der Waals surface area contributed by atoms with Crippen molar-refractivity contribution in [3.8, 4) is 0 Å². The third-order valence-corrected chi connectivity index (χ3v) is 2.51. The van der Waals surface area contributed by atoms with Crippen LogP contribution in [0.25, 0.3) is 0 Å². The van der Waals surface area contributed by atoms with Crippen molar-refractivity contribution in [2.45, 2.75) is 6.18 Å². The average Bonchev–Trinajstić information content (AvgIpc) is 1.94. The number of rotatable bonds is 0. The van der Waals surface area contributed by atoms with Crippen LogP contribution in [-0.2, 0) is 6.18 Å². The highest BCUT2D eigenvalue weighted by atomic mass is 79.9. The Hall–Kier alpha value is -0.290. The monoisotopic (exact) mass is 276 g/mol. The zero-order chi connectivity index (χ0) is 10.2. The molecule has 0 saturated heterocycles. The van der Waals surface area contributed by atoms with Gasteiger partial charge in [0, 0.05) is 4.47 Å². The van der Waals surface area contributed by atoms with E-state index in [4.69, 9.17) is 11.6 Å². The third kappa shape index (κ3) is 2.34. The second-order valence-electron chi connectivity index (χ2n) is 2.24. The SMILES string of the molecule is Fc1cc(Cl)c(Br)cc1C(F)(F)F. The zero-order valence-corrected chi connectivity index (χ0v) is 8.26. The topological polar surface area (TPSA) is 0 Å². The highest BCUT2D eigenvalue weighted by Gasteiger charge is 2.34. The number of hydrogen-bond acceptors (Lipinski definition) is 0. The molecule has 72 valence electrons. The van der Waals surface area contributed by atoms with Crippen LogP contribution in [-0.4, -0.2) is 0 Å². The molecule has 0 radical (unpaired) electrons. The van der Waals surface area contributed by atoms with E-state index in [1.54, 1.807) is 0 Å². The first kappa shape index (κ1) is 10.8. The number of benzene rings is 1. The molecule has 0 aliphatic heterocycles. The van der Waals surface area contributed by atoms with Gasteiger partial charge >= 0.3 is 6.18 Å². The largest absolute Gasteiger partial charge is 0.419 e. The Kier molecular flexibility index (Phi) is 2.87. The summed E-state index contributed by atoms with van der Waals surface area (Å²) in [6.07, 6.45) is -4.70. The summed E-state index contributed by atoms with van der Waals surface area (Å²) in [6, 6.07) is 1.23. The molecule has 1 aromatic carbocycles. The molecular formula is C7H2BrClF4. The molecule has 0 nitrogen and oxygen atoms in total. The van der Waals surface area contributed by atoms with E-state index in [0.717, 1.165) is 0 Å². The summed E-state index contributed by atoms with van der Waals surface area (Å²) in [5.41, 5.74) is -1.33. The first-order chi connectivity index (χ1) is 5.82. The van der Waals surface area contributed by atoms with Crippen LogP contribution in [0.3, 0.4) is 0 Å². The molecule has 0 amide bonds. The van der Waals surface area contributed by atoms with Crippen molar-refractivity contribution in [3.63, 3.8) is 0 Å². The summed E-state index contributed by atoms with van der Waals surface area (Å²) in [5, 5.41) is -0.0921. The lowest BCUT2D eigenvalue weighted by molar-refractivity contribution is -0.140. The smallest absolute Gasteiger partial charge is 0.206 e. The van der Waals surface area contributed by atoms with Gasteiger partial charge in [-0.15, -0.1) is 0 Å². The Balaban J connectivity index is 3.32. The van der Waals surface area contributed by atoms with Gasteiger partial charge in [0.15, 0.2) is 0 Å². The fraction of sp³-hybridized carbons (Fsp3) is 0.143. The van der Waals surface area contributed by atoms with E-state index in [2.05, 4.69) is 15.9 Å². The van der Waals surface area contributed by atoms with Crippen molar-refractivity contribution in [2.75, 3.05) is 0 Å². The fourth-order valence-electron chi connectivity index (χ4n) is 0.740. The molecule has 1 rings (SSSR count). The molecule has 0 N–H and O–H groups in total. The van der Waals surface area contributed by atoms with Crippen LogP contribution in [0, 0.1) is 5.82 Å². The molecule has 0 saturated carbocycles. The molecular weight excluding hydrogens is 275 g/mol. The van der Waals surface area contributed by atoms with E-state index >= 15 is 0 Å². The number of alkyl halides is 3. The Labute approximate surface area is 84.6 Å². The molecule has 0 unspecified atom stereocenters. The summed E-state index contributed by atoms with van der Waals surface area (Å²) < 4.78 is 48.9. The van der Waals surface area contributed by atoms with Crippen LogP contribution >= 0.6 is 27.5 Å². The molecule has 0 heterocycles. The van der Waals surface area contributed by atoms with Crippen molar-refractivity contribution >= 4 is 27.5 Å². The molecule has 0 fully saturated rings. The molecule has 0 bridgehead atoms. The van der Waals surface area contributed by atoms with Crippen molar-refractivity contribution in [2.24, 2.45) is 0 Å². The van der Waals surface area contributed by atoms with Crippen LogP contribution < -0.4 is 0 Å². The van der Waals surface area contributed by atoms with Gasteiger partial charge in [-0.05, 0) is 28.1 Å². The summed E-state index contributed by atoms with van der Waals surface area (Å²) >= 11 is 8.16. The van der Waals surface area contributed by atoms with Crippen molar-refractivity contribution < 1.29 is 17.6 Å². The average molecular weight is 277 g/mol. The Bertz CT molecular complexity index is 334. The number of hydrogen-bond donors (Lipinski definition) is 0. The molecule has 0 aromatic heterocycles. The molecule has 6 heteroatoms. The van der Waals surface area contributed by atoms with Crippen LogP contribution in [0.15, 0.2) is 16.6 Å². The van der Waals surface area contributed by atoms with Crippen molar-refractivity contribution in [1.82, 2.24) is 0 Å². The van der Waals surface area contributed by atoms with Gasteiger partial charge in [-0.1, -0.05) is 11.6 Å². The molecule has 0 aliphatic carbocycles. The zero-order valence-electron chi connectivity index (χ0n) is 5.92. The molecule has 1 aromatic rings. The van der Waals surface area contributed by atoms with Gasteiger partial charge in [-0.2, -0.15) is 13.2 Å². The van der Waals surface area contributed by atoms with Crippen LogP contribution in [0.5, 0.6) is 0 Å². The lowest BCUT2D eigenvalue weighted by Crippen LogP contribution is -2.07. The maximum absolute atomic E-state index is 12.7. The van der Waals surface area contributed by atoms with Gasteiger partial charge in [0.1, 0.15) is 5.82 Å². The van der Waals surface area contributed by atoms with Crippen LogP contribution in [0.1, 0.15) is 5.56 Å². The maximum Gasteiger partial charge on any atom is 0.419 e. The quantitative estimate of drug-likeness (QED) is 0.491. The summed E-state index contributed by atoms with van der Waals surface area (Å²) in [7, 11) is 0. The molecule has 13 heavy (non-hydrogen) atoms. The second kappa shape index (κ2) is 3.46. The highest BCUT2D eigenvalue weighted by molar-refractivity contribution is 9.10. The maximum atomic E-state index is 12.7. The second-order valence-corrected chi connectivity index (χ2v) is 3.51. The standard InChI is InChI=1S/C7H2BrClF4/c8-4-1-3(7(11,12)13)6(10)2-5(4)9/h1-2H. The van der Waals surface area contributed by atoms with Gasteiger partial charge in [0.25, 0.3) is 0 Å². The Morgan fingerprint density at radius 1 is 1.23 bits per heavy atom. The van der Waals surface area contributed by atoms with Gasteiger partial charge in [0.05, 0.1) is 10.6 Å². The minimum atomic E-state index is -4.70. The lowest BCUT2D eigenvalue weighted by atomic mass is 10.2. The van der Waals surface area contributed by atoms with Crippen molar-refractivity contribution in [1.29, 1.82) is 0 Å². The van der Waals surface area contributed by atoms with E-state index < -0.39 is 17.6 Å². The highest BCUT2D eigenvalue weighted by Crippen LogP contribution is 2.35. The van der Waals surface area contributed by atoms with E-state index in [-0.39, 0.29) is 9.50 Å². The van der Waals surface area contributed by atoms with E-state index in [1.807, 2.05) is 0 Å². The fourth-order valence-corrected chi connectivity index (χ4v) is 1.23. The van der Waals surface area contributed by atoms with Gasteiger partial charge in [0.2, 0.25) is 0 Å². The van der Waals surface area contributed by atoms with Gasteiger partial charge in [-0.3, -0.25) is 0 Å². The van der Waals surface area contributed by atoms with Crippen LogP contribution in [0.4, 0.5) is 17.6 Å². The third-order valence-electron chi connectivity index (χ3n) is 1.32. The summed E-state index contributed by atoms with van der Waals surface area (Å²) in [4.78, 5) is 0. The first-order valence-corrected chi connectivity index (χ1v) is 4.21. The van der Waals surface area contributed by atoms with Gasteiger partial charge in [-0.25, -0.2) is 4.39 Å². The Morgan fingerprint density at radius 2 is 1.77 bits per heavy atom. The molecule has 0 spiro atoms. The number of halogens is 6. The van der Waals surface area contributed by atoms with Crippen LogP contribution in [0.2, 0.25) is 5.02 Å². The predicted molar refractivity (Wildman–Crippen MR) is 44.1 cm³/mol. The van der Waals surface area contributed by atoms with E-state index in [1.165, 1.54) is 0 Å². The molecule has 0 aliphatic rings. The van der Waals surface area contributed by atoms with E-state index in [9.17, 15) is 17.6 Å². The summed E-state index contributed by atoms with van der Waals surface area (Å²) in [6.45, 7) is 0. The van der Waals surface area contributed by atoms with Crippen molar-refractivity contribution in [3.05, 3.63) is 33.0 Å². The first-order valence-electron chi connectivity index (χ1n) is 3.04. The van der Waals surface area contributed by atoms with Gasteiger partial charge < -0.3 is 0 Å². The predicted octanol–water partition coefficient (Wildman–Crippen LogP) is 4.26. The van der Waals surface area contributed by atoms with E-state index in [0.29, 0.717) is 12.1 Å². The lowest BCUT2D eigenvalue weighted by Gasteiger charge is -2.08. The molecule has 0 atom stereocenters. The minimum Gasteiger partial charge on any atom is -0.206 e. The minimum absolute atomic E-state index is 0.0166. The Morgan fingerprint density at radius 3 is 2.23 bits per heavy atom. The normalized spacial score (nSPS) is 11.8.